The molecule has 16 heavy (non-hydrogen) atoms. The summed E-state index contributed by atoms with van der Waals surface area (Å²) in [6.45, 7) is 2.46. The molecule has 1 aromatic rings. The number of nitrogen functional groups attached to an aromatic ring is 1. The summed E-state index contributed by atoms with van der Waals surface area (Å²) in [6, 6.07) is 0. The molecular weight excluding hydrogens is 208 g/mol. The minimum Gasteiger partial charge on any atom is -0.490 e. The van der Waals surface area contributed by atoms with E-state index in [2.05, 4.69) is 15.3 Å². The second kappa shape index (κ2) is 4.98. The Morgan fingerprint density at radius 1 is 1.62 bits per heavy atom. The maximum Gasteiger partial charge on any atom is 0.203 e. The van der Waals surface area contributed by atoms with Crippen molar-refractivity contribution in [2.24, 2.45) is 5.92 Å². The predicted octanol–water partition coefficient (Wildman–Crippen LogP) is 0.516. The Bertz CT molecular complexity index is 353. The van der Waals surface area contributed by atoms with E-state index in [0.29, 0.717) is 23.3 Å². The first-order chi connectivity index (χ1) is 7.81. The van der Waals surface area contributed by atoms with Gasteiger partial charge in [0.05, 0.1) is 13.7 Å². The van der Waals surface area contributed by atoms with E-state index in [0.717, 1.165) is 26.2 Å². The molecule has 1 atom stereocenters. The lowest BCUT2D eigenvalue weighted by Gasteiger charge is -2.13. The van der Waals surface area contributed by atoms with E-state index in [9.17, 15) is 0 Å². The van der Waals surface area contributed by atoms with Gasteiger partial charge < -0.3 is 20.5 Å². The summed E-state index contributed by atoms with van der Waals surface area (Å²) < 4.78 is 10.4. The van der Waals surface area contributed by atoms with Crippen LogP contribution in [0.4, 0.5) is 11.6 Å². The number of hydrogen-bond donors (Lipinski definition) is 2. The highest BCUT2D eigenvalue weighted by molar-refractivity contribution is 5.61. The number of nitrogens with one attached hydrogen (secondary N) is 1. The molecule has 0 bridgehead atoms. The summed E-state index contributed by atoms with van der Waals surface area (Å²) in [5.41, 5.74) is 5.67. The Morgan fingerprint density at radius 3 is 3.19 bits per heavy atom. The number of nitrogens with two attached hydrogens (primary N) is 1. The predicted molar refractivity (Wildman–Crippen MR) is 60.4 cm³/mol. The van der Waals surface area contributed by atoms with Crippen LogP contribution in [0.1, 0.15) is 6.42 Å². The number of aromatic nitrogens is 2. The Morgan fingerprint density at radius 2 is 2.50 bits per heavy atom. The lowest BCUT2D eigenvalue weighted by molar-refractivity contribution is 0.187. The van der Waals surface area contributed by atoms with Crippen LogP contribution in [0.25, 0.3) is 0 Å². The van der Waals surface area contributed by atoms with Gasteiger partial charge in [0.25, 0.3) is 0 Å². The SMILES string of the molecule is COc1c(N)ncnc1NCC1CCOC1. The van der Waals surface area contributed by atoms with Gasteiger partial charge in [-0.1, -0.05) is 0 Å². The molecule has 1 aliphatic rings. The van der Waals surface area contributed by atoms with Gasteiger partial charge in [-0.15, -0.1) is 0 Å². The average molecular weight is 224 g/mol. The number of ether oxygens (including phenoxy) is 2. The molecule has 2 rings (SSSR count). The number of rotatable bonds is 4. The number of hydrogen-bond acceptors (Lipinski definition) is 6. The molecule has 1 fully saturated rings. The Hall–Kier alpha value is -1.56. The molecule has 0 aromatic carbocycles. The van der Waals surface area contributed by atoms with Crippen LogP contribution in [0.2, 0.25) is 0 Å². The van der Waals surface area contributed by atoms with Crippen molar-refractivity contribution in [1.82, 2.24) is 9.97 Å². The van der Waals surface area contributed by atoms with Crippen LogP contribution in [0.15, 0.2) is 6.33 Å². The van der Waals surface area contributed by atoms with E-state index >= 15 is 0 Å². The third-order valence-electron chi connectivity index (χ3n) is 2.62. The first-order valence-electron chi connectivity index (χ1n) is 5.27. The zero-order valence-electron chi connectivity index (χ0n) is 9.27. The van der Waals surface area contributed by atoms with Gasteiger partial charge in [0, 0.05) is 19.1 Å². The highest BCUT2D eigenvalue weighted by Crippen LogP contribution is 2.26. The normalized spacial score (nSPS) is 19.7. The molecular formula is C10H16N4O2. The molecule has 2 heterocycles. The van der Waals surface area contributed by atoms with Crippen LogP contribution in [-0.4, -0.2) is 36.8 Å². The van der Waals surface area contributed by atoms with Gasteiger partial charge in [0.2, 0.25) is 5.75 Å². The molecule has 1 aliphatic heterocycles. The summed E-state index contributed by atoms with van der Waals surface area (Å²) in [5, 5.41) is 3.21. The molecule has 88 valence electrons. The largest absolute Gasteiger partial charge is 0.490 e. The fourth-order valence-electron chi connectivity index (χ4n) is 1.70. The topological polar surface area (TPSA) is 82.3 Å². The molecule has 0 radical (unpaired) electrons. The third-order valence-corrected chi connectivity index (χ3v) is 2.62. The van der Waals surface area contributed by atoms with Crippen molar-refractivity contribution in [3.8, 4) is 5.75 Å². The maximum absolute atomic E-state index is 5.67. The lowest BCUT2D eigenvalue weighted by Crippen LogP contribution is -2.16. The molecule has 1 unspecified atom stereocenters. The van der Waals surface area contributed by atoms with Crippen molar-refractivity contribution < 1.29 is 9.47 Å². The number of methoxy groups -OCH3 is 1. The highest BCUT2D eigenvalue weighted by Gasteiger charge is 2.17. The molecule has 6 nitrogen and oxygen atoms in total. The molecule has 0 saturated carbocycles. The summed E-state index contributed by atoms with van der Waals surface area (Å²) in [5.74, 6) is 2.02. The van der Waals surface area contributed by atoms with E-state index in [1.807, 2.05) is 0 Å². The fraction of sp³-hybridized carbons (Fsp3) is 0.600. The van der Waals surface area contributed by atoms with Crippen molar-refractivity contribution in [3.63, 3.8) is 0 Å². The first-order valence-corrected chi connectivity index (χ1v) is 5.27. The van der Waals surface area contributed by atoms with Crippen molar-refractivity contribution in [3.05, 3.63) is 6.33 Å². The summed E-state index contributed by atoms with van der Waals surface area (Å²) in [4.78, 5) is 7.97. The molecule has 6 heteroatoms. The first kappa shape index (κ1) is 10.9. The number of nitrogens with zero attached hydrogens (tertiary/aromatic N) is 2. The second-order valence-electron chi connectivity index (χ2n) is 3.75. The molecule has 0 amide bonds. The van der Waals surface area contributed by atoms with Gasteiger partial charge in [0.15, 0.2) is 11.6 Å². The van der Waals surface area contributed by atoms with Crippen LogP contribution in [0, 0.1) is 5.92 Å². The van der Waals surface area contributed by atoms with E-state index in [-0.39, 0.29) is 0 Å². The van der Waals surface area contributed by atoms with Crippen molar-refractivity contribution in [2.45, 2.75) is 6.42 Å². The minimum atomic E-state index is 0.350. The van der Waals surface area contributed by atoms with Crippen LogP contribution >= 0.6 is 0 Å². The molecule has 0 spiro atoms. The smallest absolute Gasteiger partial charge is 0.203 e. The van der Waals surface area contributed by atoms with Crippen molar-refractivity contribution >= 4 is 11.6 Å². The Kier molecular flexibility index (Phi) is 3.40. The monoisotopic (exact) mass is 224 g/mol. The molecule has 0 aliphatic carbocycles. The molecule has 1 saturated heterocycles. The molecule has 1 aromatic heterocycles. The lowest BCUT2D eigenvalue weighted by atomic mass is 10.1. The standard InChI is InChI=1S/C10H16N4O2/c1-15-8-9(11)13-6-14-10(8)12-4-7-2-3-16-5-7/h6-7H,2-5H2,1H3,(H3,11,12,13,14). The van der Waals surface area contributed by atoms with Crippen LogP contribution < -0.4 is 15.8 Å². The summed E-state index contributed by atoms with van der Waals surface area (Å²) in [7, 11) is 1.55. The van der Waals surface area contributed by atoms with Crippen molar-refractivity contribution in [2.75, 3.05) is 37.9 Å². The zero-order valence-corrected chi connectivity index (χ0v) is 9.27. The minimum absolute atomic E-state index is 0.350. The quantitative estimate of drug-likeness (QED) is 0.775. The third kappa shape index (κ3) is 2.33. The van der Waals surface area contributed by atoms with Gasteiger partial charge in [-0.2, -0.15) is 0 Å². The average Bonchev–Trinajstić information content (AvgIpc) is 2.79. The van der Waals surface area contributed by atoms with Crippen LogP contribution in [0.5, 0.6) is 5.75 Å². The van der Waals surface area contributed by atoms with Gasteiger partial charge in [-0.05, 0) is 6.42 Å². The van der Waals surface area contributed by atoms with Gasteiger partial charge in [-0.3, -0.25) is 0 Å². The highest BCUT2D eigenvalue weighted by atomic mass is 16.5. The summed E-state index contributed by atoms with van der Waals surface area (Å²) in [6.07, 6.45) is 2.50. The Labute approximate surface area is 94.2 Å². The fourth-order valence-corrected chi connectivity index (χ4v) is 1.70. The second-order valence-corrected chi connectivity index (χ2v) is 3.75. The van der Waals surface area contributed by atoms with Crippen molar-refractivity contribution in [1.29, 1.82) is 0 Å². The number of anilines is 2. The van der Waals surface area contributed by atoms with Gasteiger partial charge in [0.1, 0.15) is 6.33 Å². The van der Waals surface area contributed by atoms with E-state index < -0.39 is 0 Å². The Balaban J connectivity index is 2.00. The summed E-state index contributed by atoms with van der Waals surface area (Å²) >= 11 is 0. The van der Waals surface area contributed by atoms with Gasteiger partial charge in [-0.25, -0.2) is 9.97 Å². The van der Waals surface area contributed by atoms with Crippen LogP contribution in [-0.2, 0) is 4.74 Å². The van der Waals surface area contributed by atoms with E-state index in [4.69, 9.17) is 15.2 Å². The van der Waals surface area contributed by atoms with E-state index in [1.165, 1.54) is 6.33 Å². The van der Waals surface area contributed by atoms with Gasteiger partial charge >= 0.3 is 0 Å². The van der Waals surface area contributed by atoms with Crippen LogP contribution in [0.3, 0.4) is 0 Å². The molecule has 3 N–H and O–H groups in total. The maximum atomic E-state index is 5.67. The van der Waals surface area contributed by atoms with E-state index in [1.54, 1.807) is 7.11 Å². The zero-order chi connectivity index (χ0) is 11.4.